The van der Waals surface area contributed by atoms with Gasteiger partial charge in [-0.1, -0.05) is 48.9 Å². The summed E-state index contributed by atoms with van der Waals surface area (Å²) in [6, 6.07) is 23.8. The van der Waals surface area contributed by atoms with Gasteiger partial charge in [0.05, 0.1) is 24.5 Å². The van der Waals surface area contributed by atoms with E-state index in [0.29, 0.717) is 48.8 Å². The summed E-state index contributed by atoms with van der Waals surface area (Å²) in [5.74, 6) is -0.229. The van der Waals surface area contributed by atoms with Gasteiger partial charge in [-0.15, -0.1) is 0 Å². The van der Waals surface area contributed by atoms with Crippen LogP contribution in [0.1, 0.15) is 46.3 Å². The molecule has 200 valence electrons. The highest BCUT2D eigenvalue weighted by Crippen LogP contribution is 2.38. The van der Waals surface area contributed by atoms with Crippen LogP contribution in [0.4, 0.5) is 11.4 Å². The van der Waals surface area contributed by atoms with E-state index in [1.807, 2.05) is 42.5 Å². The minimum Gasteiger partial charge on any atom is -0.378 e. The zero-order valence-electron chi connectivity index (χ0n) is 22.1. The number of likely N-dealkylation sites (tertiary alicyclic amines) is 1. The van der Waals surface area contributed by atoms with Crippen molar-refractivity contribution < 1.29 is 14.3 Å². The normalized spacial score (nSPS) is 18.9. The Morgan fingerprint density at radius 3 is 2.33 bits per heavy atom. The smallest absolute Gasteiger partial charge is 0.258 e. The van der Waals surface area contributed by atoms with Gasteiger partial charge in [0.25, 0.3) is 11.8 Å². The van der Waals surface area contributed by atoms with Crippen molar-refractivity contribution >= 4 is 34.5 Å². The Labute approximate surface area is 229 Å². The summed E-state index contributed by atoms with van der Waals surface area (Å²) in [6.07, 6.45) is 3.88. The lowest BCUT2D eigenvalue weighted by Crippen LogP contribution is -2.40. The maximum atomic E-state index is 13.4. The van der Waals surface area contributed by atoms with Crippen LogP contribution in [0.2, 0.25) is 0 Å². The molecule has 0 aromatic heterocycles. The van der Waals surface area contributed by atoms with E-state index in [0.717, 1.165) is 36.4 Å². The second-order valence-electron chi connectivity index (χ2n) is 10.4. The van der Waals surface area contributed by atoms with Gasteiger partial charge >= 0.3 is 0 Å². The van der Waals surface area contributed by atoms with Gasteiger partial charge in [0, 0.05) is 42.1 Å². The molecule has 0 aliphatic carbocycles. The van der Waals surface area contributed by atoms with Gasteiger partial charge in [0.15, 0.2) is 0 Å². The maximum Gasteiger partial charge on any atom is 0.258 e. The number of nitrogens with zero attached hydrogens (tertiary/aromatic N) is 2. The number of piperidine rings is 1. The fourth-order valence-corrected chi connectivity index (χ4v) is 5.59. The topological polar surface area (TPSA) is 73.9 Å². The van der Waals surface area contributed by atoms with Crippen molar-refractivity contribution in [1.29, 1.82) is 0 Å². The molecule has 6 rings (SSSR count). The summed E-state index contributed by atoms with van der Waals surface area (Å²) >= 11 is 0. The third-order valence-corrected chi connectivity index (χ3v) is 7.70. The number of nitrogens with one attached hydrogen (secondary N) is 2. The molecule has 3 aromatic carbocycles. The molecule has 2 saturated heterocycles. The minimum absolute atomic E-state index is 0.0432. The lowest BCUT2D eigenvalue weighted by Gasteiger charge is -2.27. The Bertz CT molecular complexity index is 1370. The van der Waals surface area contributed by atoms with Gasteiger partial charge in [-0.25, -0.2) is 0 Å². The second kappa shape index (κ2) is 11.4. The molecule has 7 nitrogen and oxygen atoms in total. The SMILES string of the molecule is O=C1Nc2ccc(C(=O)N3CCOCC3)cc2/C1=C(/Nc1ccc(CN2CCCCC2)cc1)c1ccccc1. The van der Waals surface area contributed by atoms with Crippen LogP contribution in [-0.4, -0.2) is 61.0 Å². The highest BCUT2D eigenvalue weighted by Gasteiger charge is 2.30. The molecule has 3 aromatic rings. The van der Waals surface area contributed by atoms with Crippen molar-refractivity contribution in [2.45, 2.75) is 25.8 Å². The third-order valence-electron chi connectivity index (χ3n) is 7.70. The van der Waals surface area contributed by atoms with Crippen molar-refractivity contribution in [3.05, 3.63) is 95.1 Å². The Balaban J connectivity index is 1.33. The van der Waals surface area contributed by atoms with Crippen molar-refractivity contribution in [3.8, 4) is 0 Å². The summed E-state index contributed by atoms with van der Waals surface area (Å²) in [5.41, 5.74) is 6.35. The number of hydrogen-bond acceptors (Lipinski definition) is 5. The fourth-order valence-electron chi connectivity index (χ4n) is 5.59. The van der Waals surface area contributed by atoms with Crippen LogP contribution in [0.3, 0.4) is 0 Å². The highest BCUT2D eigenvalue weighted by molar-refractivity contribution is 6.37. The first-order valence-corrected chi connectivity index (χ1v) is 13.9. The van der Waals surface area contributed by atoms with Gasteiger partial charge in [0.2, 0.25) is 0 Å². The van der Waals surface area contributed by atoms with Gasteiger partial charge < -0.3 is 20.3 Å². The largest absolute Gasteiger partial charge is 0.378 e. The molecule has 0 radical (unpaired) electrons. The van der Waals surface area contributed by atoms with Gasteiger partial charge in [-0.3, -0.25) is 14.5 Å². The Hall–Kier alpha value is -3.94. The third kappa shape index (κ3) is 5.60. The predicted molar refractivity (Wildman–Crippen MR) is 154 cm³/mol. The van der Waals surface area contributed by atoms with E-state index in [1.165, 1.54) is 24.8 Å². The van der Waals surface area contributed by atoms with Crippen LogP contribution in [0.5, 0.6) is 0 Å². The van der Waals surface area contributed by atoms with Crippen molar-refractivity contribution in [2.75, 3.05) is 50.0 Å². The fraction of sp³-hybridized carbons (Fsp3) is 0.312. The number of morpholine rings is 1. The Morgan fingerprint density at radius 1 is 0.846 bits per heavy atom. The molecule has 3 aliphatic heterocycles. The Morgan fingerprint density at radius 2 is 1.59 bits per heavy atom. The first-order chi connectivity index (χ1) is 19.2. The molecular weight excluding hydrogens is 488 g/mol. The minimum atomic E-state index is -0.186. The van der Waals surface area contributed by atoms with Crippen LogP contribution >= 0.6 is 0 Å². The van der Waals surface area contributed by atoms with Crippen molar-refractivity contribution in [3.63, 3.8) is 0 Å². The predicted octanol–water partition coefficient (Wildman–Crippen LogP) is 5.08. The first kappa shape index (κ1) is 25.3. The molecule has 3 aliphatic rings. The first-order valence-electron chi connectivity index (χ1n) is 13.9. The van der Waals surface area contributed by atoms with E-state index in [1.54, 1.807) is 11.0 Å². The van der Waals surface area contributed by atoms with Crippen LogP contribution in [0, 0.1) is 0 Å². The van der Waals surface area contributed by atoms with Crippen molar-refractivity contribution in [2.24, 2.45) is 0 Å². The molecule has 2 N–H and O–H groups in total. The molecule has 0 saturated carbocycles. The molecule has 0 atom stereocenters. The van der Waals surface area contributed by atoms with Gasteiger partial charge in [-0.05, 0) is 67.4 Å². The number of ether oxygens (including phenoxy) is 1. The number of fused-ring (bicyclic) bond motifs is 1. The van der Waals surface area contributed by atoms with E-state index >= 15 is 0 Å². The Kier molecular flexibility index (Phi) is 7.43. The standard InChI is InChI=1S/C32H34N4O3/c37-31-29(27-21-25(11-14-28(27)34-31)32(38)36-17-19-39-20-18-36)30(24-7-3-1-4-8-24)33-26-12-9-23(10-13-26)22-35-15-5-2-6-16-35/h1,3-4,7-14,21,33H,2,5-6,15-20,22H2,(H,34,37)/b30-29-. The lowest BCUT2D eigenvalue weighted by molar-refractivity contribution is -0.110. The number of carbonyl (C=O) groups is 2. The average molecular weight is 523 g/mol. The van der Waals surface area contributed by atoms with E-state index in [2.05, 4.69) is 39.8 Å². The van der Waals surface area contributed by atoms with Crippen LogP contribution in [0.15, 0.2) is 72.8 Å². The number of amides is 2. The molecule has 0 unspecified atom stereocenters. The molecule has 7 heteroatoms. The molecule has 0 spiro atoms. The zero-order valence-corrected chi connectivity index (χ0v) is 22.1. The van der Waals surface area contributed by atoms with Crippen molar-refractivity contribution in [1.82, 2.24) is 9.80 Å². The molecule has 2 amide bonds. The number of benzene rings is 3. The summed E-state index contributed by atoms with van der Waals surface area (Å²) in [5, 5.41) is 6.54. The zero-order chi connectivity index (χ0) is 26.6. The number of anilines is 2. The summed E-state index contributed by atoms with van der Waals surface area (Å²) in [4.78, 5) is 30.9. The average Bonchev–Trinajstić information content (AvgIpc) is 3.32. The molecular formula is C32H34N4O3. The van der Waals surface area contributed by atoms with E-state index in [4.69, 9.17) is 4.74 Å². The van der Waals surface area contributed by atoms with Gasteiger partial charge in [0.1, 0.15) is 0 Å². The summed E-state index contributed by atoms with van der Waals surface area (Å²) < 4.78 is 5.41. The monoisotopic (exact) mass is 522 g/mol. The maximum absolute atomic E-state index is 13.4. The molecule has 0 bridgehead atoms. The molecule has 39 heavy (non-hydrogen) atoms. The summed E-state index contributed by atoms with van der Waals surface area (Å²) in [6.45, 7) is 5.51. The van der Waals surface area contributed by atoms with E-state index in [9.17, 15) is 9.59 Å². The summed E-state index contributed by atoms with van der Waals surface area (Å²) in [7, 11) is 0. The molecule has 2 fully saturated rings. The number of hydrogen-bond donors (Lipinski definition) is 2. The van der Waals surface area contributed by atoms with Crippen LogP contribution in [-0.2, 0) is 16.1 Å². The number of carbonyl (C=O) groups excluding carboxylic acids is 2. The quantitative estimate of drug-likeness (QED) is 0.442. The lowest BCUT2D eigenvalue weighted by atomic mass is 9.98. The van der Waals surface area contributed by atoms with E-state index < -0.39 is 0 Å². The number of rotatable bonds is 6. The van der Waals surface area contributed by atoms with Crippen LogP contribution < -0.4 is 10.6 Å². The van der Waals surface area contributed by atoms with Crippen LogP contribution in [0.25, 0.3) is 11.3 Å². The highest BCUT2D eigenvalue weighted by atomic mass is 16.5. The molecule has 3 heterocycles. The second-order valence-corrected chi connectivity index (χ2v) is 10.4. The van der Waals surface area contributed by atoms with Gasteiger partial charge in [-0.2, -0.15) is 0 Å². The van der Waals surface area contributed by atoms with E-state index in [-0.39, 0.29) is 11.8 Å².